The zero-order chi connectivity index (χ0) is 20.2. The number of ether oxygens (including phenoxy) is 3. The van der Waals surface area contributed by atoms with E-state index in [4.69, 9.17) is 14.2 Å². The maximum atomic E-state index is 12.5. The number of hydrogen-bond donors (Lipinski definition) is 1. The summed E-state index contributed by atoms with van der Waals surface area (Å²) < 4.78 is 16.5. The Morgan fingerprint density at radius 2 is 1.79 bits per heavy atom. The molecule has 148 valence electrons. The highest BCUT2D eigenvalue weighted by atomic mass is 16.7. The van der Waals surface area contributed by atoms with Crippen LogP contribution < -0.4 is 19.5 Å². The highest BCUT2D eigenvalue weighted by Gasteiger charge is 2.15. The van der Waals surface area contributed by atoms with E-state index in [1.165, 1.54) is 0 Å². The first-order valence-electron chi connectivity index (χ1n) is 9.32. The SMILES string of the molecule is Cc1cccc(Oc2ccc(NC(=O)N(C)Cc3ccc4c(c3)OCO4)cc2)c1. The minimum Gasteiger partial charge on any atom is -0.457 e. The summed E-state index contributed by atoms with van der Waals surface area (Å²) in [6.45, 7) is 2.71. The van der Waals surface area contributed by atoms with Gasteiger partial charge >= 0.3 is 6.03 Å². The van der Waals surface area contributed by atoms with Gasteiger partial charge in [0, 0.05) is 19.3 Å². The zero-order valence-corrected chi connectivity index (χ0v) is 16.3. The smallest absolute Gasteiger partial charge is 0.321 e. The first-order valence-corrected chi connectivity index (χ1v) is 9.32. The lowest BCUT2D eigenvalue weighted by Gasteiger charge is -2.18. The molecule has 0 radical (unpaired) electrons. The Kier molecular flexibility index (Phi) is 5.24. The normalized spacial score (nSPS) is 11.8. The van der Waals surface area contributed by atoms with Gasteiger partial charge in [0.25, 0.3) is 0 Å². The van der Waals surface area contributed by atoms with Crippen molar-refractivity contribution in [3.05, 3.63) is 77.9 Å². The van der Waals surface area contributed by atoms with Crippen molar-refractivity contribution in [2.45, 2.75) is 13.5 Å². The molecule has 29 heavy (non-hydrogen) atoms. The van der Waals surface area contributed by atoms with Gasteiger partial charge in [0.1, 0.15) is 11.5 Å². The number of hydrogen-bond acceptors (Lipinski definition) is 4. The highest BCUT2D eigenvalue weighted by Crippen LogP contribution is 2.32. The molecule has 1 aliphatic heterocycles. The predicted octanol–water partition coefficient (Wildman–Crippen LogP) is 5.18. The summed E-state index contributed by atoms with van der Waals surface area (Å²) in [7, 11) is 1.75. The summed E-state index contributed by atoms with van der Waals surface area (Å²) in [5.74, 6) is 2.93. The molecule has 3 aromatic carbocycles. The minimum atomic E-state index is -0.199. The molecule has 1 aliphatic rings. The first-order chi connectivity index (χ1) is 14.1. The van der Waals surface area contributed by atoms with E-state index >= 15 is 0 Å². The van der Waals surface area contributed by atoms with Crippen LogP contribution in [0.3, 0.4) is 0 Å². The lowest BCUT2D eigenvalue weighted by atomic mass is 10.2. The molecule has 0 aromatic heterocycles. The van der Waals surface area contributed by atoms with E-state index in [0.29, 0.717) is 23.7 Å². The number of benzene rings is 3. The van der Waals surface area contributed by atoms with Crippen molar-refractivity contribution in [1.29, 1.82) is 0 Å². The second-order valence-corrected chi connectivity index (χ2v) is 6.92. The van der Waals surface area contributed by atoms with Crippen molar-refractivity contribution < 1.29 is 19.0 Å². The van der Waals surface area contributed by atoms with E-state index in [2.05, 4.69) is 5.32 Å². The predicted molar refractivity (Wildman–Crippen MR) is 111 cm³/mol. The van der Waals surface area contributed by atoms with Crippen LogP contribution in [0.25, 0.3) is 0 Å². The number of amides is 2. The summed E-state index contributed by atoms with van der Waals surface area (Å²) in [5, 5.41) is 2.89. The largest absolute Gasteiger partial charge is 0.457 e. The number of nitrogens with zero attached hydrogens (tertiary/aromatic N) is 1. The van der Waals surface area contributed by atoms with Crippen LogP contribution >= 0.6 is 0 Å². The van der Waals surface area contributed by atoms with Gasteiger partial charge in [0.05, 0.1) is 0 Å². The van der Waals surface area contributed by atoms with E-state index < -0.39 is 0 Å². The number of fused-ring (bicyclic) bond motifs is 1. The molecule has 4 rings (SSSR count). The van der Waals surface area contributed by atoms with Crippen molar-refractivity contribution in [1.82, 2.24) is 4.90 Å². The summed E-state index contributed by atoms with van der Waals surface area (Å²) in [4.78, 5) is 14.1. The summed E-state index contributed by atoms with van der Waals surface area (Å²) >= 11 is 0. The molecular formula is C23H22N2O4. The minimum absolute atomic E-state index is 0.199. The molecule has 0 saturated heterocycles. The second kappa shape index (κ2) is 8.14. The van der Waals surface area contributed by atoms with Crippen LogP contribution in [-0.2, 0) is 6.54 Å². The van der Waals surface area contributed by atoms with Crippen LogP contribution in [0, 0.1) is 6.92 Å². The van der Waals surface area contributed by atoms with E-state index in [-0.39, 0.29) is 12.8 Å². The molecule has 3 aromatic rings. The van der Waals surface area contributed by atoms with Gasteiger partial charge in [-0.25, -0.2) is 4.79 Å². The molecule has 0 spiro atoms. The van der Waals surface area contributed by atoms with Crippen LogP contribution in [0.5, 0.6) is 23.0 Å². The van der Waals surface area contributed by atoms with Gasteiger partial charge in [-0.15, -0.1) is 0 Å². The van der Waals surface area contributed by atoms with Crippen LogP contribution in [0.15, 0.2) is 66.7 Å². The summed E-state index contributed by atoms with van der Waals surface area (Å²) in [5.41, 5.74) is 2.80. The van der Waals surface area contributed by atoms with Gasteiger partial charge < -0.3 is 24.4 Å². The average molecular weight is 390 g/mol. The van der Waals surface area contributed by atoms with Crippen molar-refractivity contribution in [3.8, 4) is 23.0 Å². The Balaban J connectivity index is 1.34. The second-order valence-electron chi connectivity index (χ2n) is 6.92. The molecule has 1 N–H and O–H groups in total. The molecule has 0 bridgehead atoms. The third-order valence-corrected chi connectivity index (χ3v) is 4.53. The molecule has 0 aliphatic carbocycles. The van der Waals surface area contributed by atoms with Crippen LogP contribution in [0.2, 0.25) is 0 Å². The van der Waals surface area contributed by atoms with Crippen LogP contribution in [0.4, 0.5) is 10.5 Å². The molecular weight excluding hydrogens is 368 g/mol. The molecule has 1 heterocycles. The van der Waals surface area contributed by atoms with Crippen molar-refractivity contribution in [2.75, 3.05) is 19.2 Å². The van der Waals surface area contributed by atoms with E-state index in [1.807, 2.05) is 73.7 Å². The molecule has 0 fully saturated rings. The molecule has 0 saturated carbocycles. The fraction of sp³-hybridized carbons (Fsp3) is 0.174. The van der Waals surface area contributed by atoms with Crippen LogP contribution in [0.1, 0.15) is 11.1 Å². The van der Waals surface area contributed by atoms with Crippen molar-refractivity contribution >= 4 is 11.7 Å². The van der Waals surface area contributed by atoms with Gasteiger partial charge in [0.15, 0.2) is 11.5 Å². The molecule has 0 unspecified atom stereocenters. The standard InChI is InChI=1S/C23H22N2O4/c1-16-4-3-5-20(12-16)29-19-9-7-18(8-10-19)24-23(26)25(2)14-17-6-11-21-22(13-17)28-15-27-21/h3-13H,14-15H2,1-2H3,(H,24,26). The number of nitrogens with one attached hydrogen (secondary N) is 1. The number of rotatable bonds is 5. The third kappa shape index (κ3) is 4.60. The third-order valence-electron chi connectivity index (χ3n) is 4.53. The van der Waals surface area contributed by atoms with E-state index in [0.717, 1.165) is 22.6 Å². The first kappa shape index (κ1) is 18.7. The van der Waals surface area contributed by atoms with Gasteiger partial charge in [-0.1, -0.05) is 18.2 Å². The molecule has 2 amide bonds. The Bertz CT molecular complexity index is 1020. The molecule has 6 nitrogen and oxygen atoms in total. The van der Waals surface area contributed by atoms with E-state index in [1.54, 1.807) is 11.9 Å². The molecule has 0 atom stereocenters. The Morgan fingerprint density at radius 1 is 1.00 bits per heavy atom. The fourth-order valence-corrected chi connectivity index (χ4v) is 3.03. The maximum Gasteiger partial charge on any atom is 0.321 e. The van der Waals surface area contributed by atoms with Crippen LogP contribution in [-0.4, -0.2) is 24.8 Å². The monoisotopic (exact) mass is 390 g/mol. The van der Waals surface area contributed by atoms with Gasteiger partial charge in [-0.05, 0) is 66.6 Å². The zero-order valence-electron chi connectivity index (χ0n) is 16.3. The Labute approximate surface area is 169 Å². The maximum absolute atomic E-state index is 12.5. The Hall–Kier alpha value is -3.67. The highest BCUT2D eigenvalue weighted by molar-refractivity contribution is 5.89. The van der Waals surface area contributed by atoms with Crippen molar-refractivity contribution in [3.63, 3.8) is 0 Å². The van der Waals surface area contributed by atoms with E-state index in [9.17, 15) is 4.79 Å². The topological polar surface area (TPSA) is 60.0 Å². The van der Waals surface area contributed by atoms with Gasteiger partial charge in [-0.3, -0.25) is 0 Å². The van der Waals surface area contributed by atoms with Gasteiger partial charge in [0.2, 0.25) is 6.79 Å². The lowest BCUT2D eigenvalue weighted by molar-refractivity contribution is 0.174. The van der Waals surface area contributed by atoms with Crippen molar-refractivity contribution in [2.24, 2.45) is 0 Å². The fourth-order valence-electron chi connectivity index (χ4n) is 3.03. The summed E-state index contributed by atoms with van der Waals surface area (Å²) in [6.07, 6.45) is 0. The number of carbonyl (C=O) groups excluding carboxylic acids is 1. The lowest BCUT2D eigenvalue weighted by Crippen LogP contribution is -2.30. The quantitative estimate of drug-likeness (QED) is 0.652. The Morgan fingerprint density at radius 3 is 2.59 bits per heavy atom. The number of urea groups is 1. The molecule has 6 heteroatoms. The van der Waals surface area contributed by atoms with Gasteiger partial charge in [-0.2, -0.15) is 0 Å². The number of carbonyl (C=O) groups is 1. The summed E-state index contributed by atoms with van der Waals surface area (Å²) in [6, 6.07) is 20.6. The number of anilines is 1. The average Bonchev–Trinajstić information content (AvgIpc) is 3.17. The number of aryl methyl sites for hydroxylation is 1.